The molecule has 150 valence electrons. The second-order valence-corrected chi connectivity index (χ2v) is 8.61. The van der Waals surface area contributed by atoms with Crippen molar-refractivity contribution in [1.82, 2.24) is 20.2 Å². The van der Waals surface area contributed by atoms with Crippen molar-refractivity contribution in [2.24, 2.45) is 0 Å². The maximum atomic E-state index is 13.1. The van der Waals surface area contributed by atoms with Crippen LogP contribution in [0.2, 0.25) is 0 Å². The average Bonchev–Trinajstić information content (AvgIpc) is 3.51. The molecule has 2 amide bonds. The van der Waals surface area contributed by atoms with Crippen LogP contribution in [0.15, 0.2) is 24.3 Å². The van der Waals surface area contributed by atoms with Gasteiger partial charge in [-0.15, -0.1) is 11.3 Å². The lowest BCUT2D eigenvalue weighted by atomic mass is 10.1. The molecule has 1 N–H and O–H groups in total. The van der Waals surface area contributed by atoms with Crippen molar-refractivity contribution in [2.45, 2.75) is 39.2 Å². The molecule has 4 rings (SSSR count). The Morgan fingerprint density at radius 2 is 1.86 bits per heavy atom. The molecule has 0 bridgehead atoms. The molecule has 0 radical (unpaired) electrons. The first-order valence-electron chi connectivity index (χ1n) is 9.73. The van der Waals surface area contributed by atoms with Gasteiger partial charge in [0, 0.05) is 37.5 Å². The van der Waals surface area contributed by atoms with Gasteiger partial charge in [0.25, 0.3) is 11.8 Å². The largest absolute Gasteiger partial charge is 0.355 e. The highest BCUT2D eigenvalue weighted by Crippen LogP contribution is 2.40. The molecule has 1 saturated carbocycles. The van der Waals surface area contributed by atoms with Gasteiger partial charge in [0.1, 0.15) is 10.7 Å². The lowest BCUT2D eigenvalue weighted by molar-refractivity contribution is 0.0789. The van der Waals surface area contributed by atoms with Gasteiger partial charge in [-0.25, -0.2) is 9.97 Å². The SMILES string of the molecule is CNC(=O)c1ccc(CN(C)C(=O)c2sc3nc(C4CC4)nc(C)c3c2C)cc1. The monoisotopic (exact) mass is 408 g/mol. The summed E-state index contributed by atoms with van der Waals surface area (Å²) in [4.78, 5) is 37.5. The van der Waals surface area contributed by atoms with Crippen molar-refractivity contribution in [3.05, 3.63) is 57.4 Å². The zero-order valence-corrected chi connectivity index (χ0v) is 17.9. The van der Waals surface area contributed by atoms with Crippen LogP contribution in [-0.4, -0.2) is 40.8 Å². The van der Waals surface area contributed by atoms with Crippen LogP contribution in [0.5, 0.6) is 0 Å². The minimum Gasteiger partial charge on any atom is -0.355 e. The number of benzene rings is 1. The van der Waals surface area contributed by atoms with Crippen molar-refractivity contribution in [3.63, 3.8) is 0 Å². The molecule has 2 aromatic heterocycles. The number of nitrogens with one attached hydrogen (secondary N) is 1. The van der Waals surface area contributed by atoms with Gasteiger partial charge in [-0.1, -0.05) is 12.1 Å². The van der Waals surface area contributed by atoms with Gasteiger partial charge in [-0.3, -0.25) is 9.59 Å². The van der Waals surface area contributed by atoms with Gasteiger partial charge < -0.3 is 10.2 Å². The molecule has 0 unspecified atom stereocenters. The van der Waals surface area contributed by atoms with Crippen LogP contribution in [0.1, 0.15) is 61.4 Å². The molecule has 1 aromatic carbocycles. The van der Waals surface area contributed by atoms with Crippen LogP contribution in [0.25, 0.3) is 10.2 Å². The van der Waals surface area contributed by atoms with E-state index >= 15 is 0 Å². The number of carbonyl (C=O) groups excluding carboxylic acids is 2. The number of fused-ring (bicyclic) bond motifs is 1. The highest BCUT2D eigenvalue weighted by molar-refractivity contribution is 7.20. The van der Waals surface area contributed by atoms with Gasteiger partial charge >= 0.3 is 0 Å². The summed E-state index contributed by atoms with van der Waals surface area (Å²) in [5, 5.41) is 3.61. The van der Waals surface area contributed by atoms with Gasteiger partial charge in [0.15, 0.2) is 0 Å². The quantitative estimate of drug-likeness (QED) is 0.696. The molecular weight excluding hydrogens is 384 g/mol. The van der Waals surface area contributed by atoms with Gasteiger partial charge in [0.05, 0.1) is 10.6 Å². The van der Waals surface area contributed by atoms with E-state index in [-0.39, 0.29) is 11.8 Å². The number of carbonyl (C=O) groups is 2. The second kappa shape index (κ2) is 7.55. The first-order chi connectivity index (χ1) is 13.9. The zero-order valence-electron chi connectivity index (χ0n) is 17.1. The Kier molecular flexibility index (Phi) is 5.08. The summed E-state index contributed by atoms with van der Waals surface area (Å²) < 4.78 is 0. The van der Waals surface area contributed by atoms with Crippen LogP contribution in [0.3, 0.4) is 0 Å². The van der Waals surface area contributed by atoms with E-state index in [1.54, 1.807) is 31.1 Å². The number of hydrogen-bond donors (Lipinski definition) is 1. The molecule has 0 saturated heterocycles. The van der Waals surface area contributed by atoms with Crippen molar-refractivity contribution >= 4 is 33.4 Å². The lowest BCUT2D eigenvalue weighted by Crippen LogP contribution is -2.26. The molecule has 7 heteroatoms. The molecule has 0 atom stereocenters. The van der Waals surface area contributed by atoms with E-state index in [9.17, 15) is 9.59 Å². The van der Waals surface area contributed by atoms with Gasteiger partial charge in [-0.05, 0) is 49.9 Å². The number of thiophene rings is 1. The summed E-state index contributed by atoms with van der Waals surface area (Å²) in [7, 11) is 3.41. The zero-order chi connectivity index (χ0) is 20.7. The van der Waals surface area contributed by atoms with E-state index in [1.165, 1.54) is 11.3 Å². The Balaban J connectivity index is 1.57. The van der Waals surface area contributed by atoms with Crippen LogP contribution in [0.4, 0.5) is 0 Å². The second-order valence-electron chi connectivity index (χ2n) is 7.62. The van der Waals surface area contributed by atoms with E-state index in [2.05, 4.69) is 10.3 Å². The van der Waals surface area contributed by atoms with Crippen LogP contribution in [-0.2, 0) is 6.54 Å². The first kappa shape index (κ1) is 19.5. The molecule has 0 aliphatic heterocycles. The fourth-order valence-electron chi connectivity index (χ4n) is 3.51. The Morgan fingerprint density at radius 1 is 1.17 bits per heavy atom. The molecule has 3 aromatic rings. The molecular formula is C22H24N4O2S. The molecule has 1 fully saturated rings. The Labute approximate surface area is 174 Å². The third-order valence-corrected chi connectivity index (χ3v) is 6.51. The Morgan fingerprint density at radius 3 is 2.48 bits per heavy atom. The van der Waals surface area contributed by atoms with Gasteiger partial charge in [0.2, 0.25) is 0 Å². The number of aryl methyl sites for hydroxylation is 2. The van der Waals surface area contributed by atoms with Crippen molar-refractivity contribution < 1.29 is 9.59 Å². The highest BCUT2D eigenvalue weighted by Gasteiger charge is 2.29. The van der Waals surface area contributed by atoms with E-state index in [0.29, 0.717) is 18.0 Å². The maximum absolute atomic E-state index is 13.1. The fraction of sp³-hybridized carbons (Fsp3) is 0.364. The summed E-state index contributed by atoms with van der Waals surface area (Å²) in [6.45, 7) is 4.45. The van der Waals surface area contributed by atoms with E-state index in [1.807, 2.05) is 26.0 Å². The Hall–Kier alpha value is -2.80. The number of rotatable bonds is 5. The average molecular weight is 409 g/mol. The predicted molar refractivity (Wildman–Crippen MR) is 114 cm³/mol. The molecule has 0 spiro atoms. The molecule has 1 aliphatic carbocycles. The number of hydrogen-bond acceptors (Lipinski definition) is 5. The van der Waals surface area contributed by atoms with Crippen LogP contribution < -0.4 is 5.32 Å². The van der Waals surface area contributed by atoms with Crippen LogP contribution >= 0.6 is 11.3 Å². The summed E-state index contributed by atoms with van der Waals surface area (Å²) >= 11 is 1.46. The van der Waals surface area contributed by atoms with E-state index in [4.69, 9.17) is 4.98 Å². The lowest BCUT2D eigenvalue weighted by Gasteiger charge is -2.17. The first-order valence-corrected chi connectivity index (χ1v) is 10.5. The minimum absolute atomic E-state index is 0.0201. The fourth-order valence-corrected chi connectivity index (χ4v) is 4.75. The predicted octanol–water partition coefficient (Wildman–Crippen LogP) is 3.82. The van der Waals surface area contributed by atoms with Crippen molar-refractivity contribution in [1.29, 1.82) is 0 Å². The van der Waals surface area contributed by atoms with Crippen molar-refractivity contribution in [3.8, 4) is 0 Å². The summed E-state index contributed by atoms with van der Waals surface area (Å²) in [6, 6.07) is 7.30. The summed E-state index contributed by atoms with van der Waals surface area (Å²) in [6.07, 6.45) is 2.31. The molecule has 1 aliphatic rings. The van der Waals surface area contributed by atoms with E-state index < -0.39 is 0 Å². The minimum atomic E-state index is -0.121. The van der Waals surface area contributed by atoms with Crippen LogP contribution in [0, 0.1) is 13.8 Å². The third-order valence-electron chi connectivity index (χ3n) is 5.33. The normalized spacial score (nSPS) is 13.5. The standard InChI is InChI=1S/C22H24N4O2S/c1-12-17-13(2)24-19(15-9-10-15)25-21(17)29-18(12)22(28)26(4)11-14-5-7-16(8-6-14)20(27)23-3/h5-8,15H,9-11H2,1-4H3,(H,23,27). The third kappa shape index (κ3) is 3.74. The molecule has 29 heavy (non-hydrogen) atoms. The topological polar surface area (TPSA) is 75.2 Å². The number of amides is 2. The number of nitrogens with zero attached hydrogens (tertiary/aromatic N) is 3. The van der Waals surface area contributed by atoms with Gasteiger partial charge in [-0.2, -0.15) is 0 Å². The summed E-state index contributed by atoms with van der Waals surface area (Å²) in [5.74, 6) is 1.26. The molecule has 6 nitrogen and oxygen atoms in total. The molecule has 2 heterocycles. The van der Waals surface area contributed by atoms with E-state index in [0.717, 1.165) is 50.6 Å². The highest BCUT2D eigenvalue weighted by atomic mass is 32.1. The maximum Gasteiger partial charge on any atom is 0.264 e. The Bertz CT molecular complexity index is 1100. The summed E-state index contributed by atoms with van der Waals surface area (Å²) in [5.41, 5.74) is 3.49. The van der Waals surface area contributed by atoms with Crippen molar-refractivity contribution in [2.75, 3.05) is 14.1 Å². The smallest absolute Gasteiger partial charge is 0.264 e. The number of aromatic nitrogens is 2.